The van der Waals surface area contributed by atoms with Crippen molar-refractivity contribution >= 4 is 6.01 Å². The molecule has 0 aromatic carbocycles. The van der Waals surface area contributed by atoms with E-state index in [1.54, 1.807) is 6.92 Å². The van der Waals surface area contributed by atoms with Crippen LogP contribution < -0.4 is 5.32 Å². The van der Waals surface area contributed by atoms with Gasteiger partial charge in [0.1, 0.15) is 0 Å². The monoisotopic (exact) mass is 187 g/mol. The lowest BCUT2D eigenvalue weighted by atomic mass is 10.4. The molecule has 0 aliphatic carbocycles. The van der Waals surface area contributed by atoms with Crippen LogP contribution in [0, 0.1) is 6.92 Å². The Bertz CT molecular complexity index is 251. The van der Waals surface area contributed by atoms with E-state index in [1.807, 2.05) is 0 Å². The molecule has 0 spiro atoms. The first-order valence-electron chi connectivity index (χ1n) is 3.93. The topological polar surface area (TPSA) is 80.4 Å². The summed E-state index contributed by atoms with van der Waals surface area (Å²) in [4.78, 5) is 3.90. The maximum Gasteiger partial charge on any atom is 0.321 e. The highest BCUT2D eigenvalue weighted by atomic mass is 16.5. The maximum atomic E-state index is 9.24. The van der Waals surface area contributed by atoms with E-state index >= 15 is 0 Å². The summed E-state index contributed by atoms with van der Waals surface area (Å²) < 4.78 is 9.51. The molecule has 0 fully saturated rings. The Balaban J connectivity index is 2.26. The number of aromatic nitrogens is 2. The minimum atomic E-state index is -0.572. The summed E-state index contributed by atoms with van der Waals surface area (Å²) in [5.74, 6) is 0.559. The molecule has 6 nitrogen and oxygen atoms in total. The lowest BCUT2D eigenvalue weighted by molar-refractivity contribution is 0.0723. The van der Waals surface area contributed by atoms with Gasteiger partial charge in [-0.1, -0.05) is 5.16 Å². The van der Waals surface area contributed by atoms with Gasteiger partial charge in [-0.15, -0.1) is 0 Å². The largest absolute Gasteiger partial charge is 0.389 e. The highest BCUT2D eigenvalue weighted by Gasteiger charge is 2.05. The average Bonchev–Trinajstić information content (AvgIpc) is 2.49. The van der Waals surface area contributed by atoms with E-state index in [0.29, 0.717) is 18.4 Å². The van der Waals surface area contributed by atoms with Gasteiger partial charge < -0.3 is 19.7 Å². The van der Waals surface area contributed by atoms with Crippen molar-refractivity contribution in [1.82, 2.24) is 10.1 Å². The summed E-state index contributed by atoms with van der Waals surface area (Å²) in [5.41, 5.74) is 0. The van der Waals surface area contributed by atoms with E-state index < -0.39 is 6.10 Å². The van der Waals surface area contributed by atoms with Crippen LogP contribution in [0.25, 0.3) is 0 Å². The third-order valence-corrected chi connectivity index (χ3v) is 1.38. The number of anilines is 1. The molecule has 0 bridgehead atoms. The van der Waals surface area contributed by atoms with Crippen LogP contribution in [0.1, 0.15) is 5.82 Å². The van der Waals surface area contributed by atoms with E-state index in [2.05, 4.69) is 15.5 Å². The van der Waals surface area contributed by atoms with Crippen LogP contribution in [0.4, 0.5) is 6.01 Å². The Morgan fingerprint density at radius 1 is 1.69 bits per heavy atom. The van der Waals surface area contributed by atoms with Crippen molar-refractivity contribution in [3.05, 3.63) is 5.82 Å². The number of hydrogen-bond acceptors (Lipinski definition) is 6. The second-order valence-corrected chi connectivity index (χ2v) is 2.64. The summed E-state index contributed by atoms with van der Waals surface area (Å²) >= 11 is 0. The third-order valence-electron chi connectivity index (χ3n) is 1.38. The van der Waals surface area contributed by atoms with Crippen LogP contribution in [-0.2, 0) is 4.74 Å². The number of aliphatic hydroxyl groups excluding tert-OH is 1. The lowest BCUT2D eigenvalue weighted by Crippen LogP contribution is -2.24. The van der Waals surface area contributed by atoms with Crippen LogP contribution in [0.5, 0.6) is 0 Å². The standard InChI is InChI=1S/C7H13N3O3/c1-5-9-7(13-10-5)8-3-6(11)4-12-2/h6,11H,3-4H2,1-2H3,(H,8,9,10). The number of nitrogens with zero attached hydrogens (tertiary/aromatic N) is 2. The lowest BCUT2D eigenvalue weighted by Gasteiger charge is -2.07. The Morgan fingerprint density at radius 2 is 2.46 bits per heavy atom. The van der Waals surface area contributed by atoms with Gasteiger partial charge >= 0.3 is 6.01 Å². The number of aryl methyl sites for hydroxylation is 1. The Hall–Kier alpha value is -1.14. The molecule has 1 aromatic heterocycles. The zero-order valence-corrected chi connectivity index (χ0v) is 7.65. The van der Waals surface area contributed by atoms with E-state index in [1.165, 1.54) is 7.11 Å². The van der Waals surface area contributed by atoms with Crippen molar-refractivity contribution < 1.29 is 14.4 Å². The Kier molecular flexibility index (Phi) is 3.66. The molecule has 2 N–H and O–H groups in total. The van der Waals surface area contributed by atoms with Gasteiger partial charge in [-0.2, -0.15) is 4.98 Å². The second kappa shape index (κ2) is 4.78. The number of methoxy groups -OCH3 is 1. The zero-order chi connectivity index (χ0) is 9.68. The van der Waals surface area contributed by atoms with Crippen molar-refractivity contribution in [1.29, 1.82) is 0 Å². The Morgan fingerprint density at radius 3 is 3.00 bits per heavy atom. The van der Waals surface area contributed by atoms with Crippen LogP contribution in [0.2, 0.25) is 0 Å². The highest BCUT2D eigenvalue weighted by Crippen LogP contribution is 2.01. The summed E-state index contributed by atoms with van der Waals surface area (Å²) in [6.45, 7) is 2.33. The normalized spacial score (nSPS) is 12.8. The molecule has 1 rings (SSSR count). The number of nitrogens with one attached hydrogen (secondary N) is 1. The molecule has 1 atom stereocenters. The van der Waals surface area contributed by atoms with Crippen LogP contribution in [-0.4, -0.2) is 41.6 Å². The van der Waals surface area contributed by atoms with Crippen LogP contribution in [0.3, 0.4) is 0 Å². The molecule has 6 heteroatoms. The van der Waals surface area contributed by atoms with Gasteiger partial charge in [0.25, 0.3) is 0 Å². The van der Waals surface area contributed by atoms with Crippen molar-refractivity contribution in [2.45, 2.75) is 13.0 Å². The molecule has 1 unspecified atom stereocenters. The average molecular weight is 187 g/mol. The Labute approximate surface area is 75.9 Å². The number of hydrogen-bond donors (Lipinski definition) is 2. The quantitative estimate of drug-likeness (QED) is 0.664. The smallest absolute Gasteiger partial charge is 0.321 e. The SMILES string of the molecule is COCC(O)CNc1nc(C)no1. The van der Waals surface area contributed by atoms with Gasteiger partial charge in [-0.3, -0.25) is 0 Å². The van der Waals surface area contributed by atoms with Gasteiger partial charge in [0, 0.05) is 13.7 Å². The second-order valence-electron chi connectivity index (χ2n) is 2.64. The summed E-state index contributed by atoms with van der Waals surface area (Å²) in [6, 6.07) is 0.313. The predicted octanol–water partition coefficient (Wildman–Crippen LogP) is -0.203. The van der Waals surface area contributed by atoms with Crippen LogP contribution >= 0.6 is 0 Å². The van der Waals surface area contributed by atoms with Crippen molar-refractivity contribution in [3.63, 3.8) is 0 Å². The first-order valence-corrected chi connectivity index (χ1v) is 3.93. The van der Waals surface area contributed by atoms with E-state index in [-0.39, 0.29) is 6.61 Å². The fraction of sp³-hybridized carbons (Fsp3) is 0.714. The third kappa shape index (κ3) is 3.39. The molecule has 0 saturated heterocycles. The number of rotatable bonds is 5. The molecule has 1 aromatic rings. The van der Waals surface area contributed by atoms with E-state index in [9.17, 15) is 5.11 Å². The van der Waals surface area contributed by atoms with Crippen molar-refractivity contribution in [2.75, 3.05) is 25.6 Å². The highest BCUT2D eigenvalue weighted by molar-refractivity contribution is 5.17. The molecule has 0 radical (unpaired) electrons. The molecule has 0 saturated carbocycles. The van der Waals surface area contributed by atoms with E-state index in [4.69, 9.17) is 9.26 Å². The van der Waals surface area contributed by atoms with E-state index in [0.717, 1.165) is 0 Å². The van der Waals surface area contributed by atoms with Gasteiger partial charge in [0.05, 0.1) is 12.7 Å². The summed E-state index contributed by atoms with van der Waals surface area (Å²) in [6.07, 6.45) is -0.572. The summed E-state index contributed by atoms with van der Waals surface area (Å²) in [7, 11) is 1.53. The molecule has 0 aliphatic rings. The van der Waals surface area contributed by atoms with Gasteiger partial charge in [-0.25, -0.2) is 0 Å². The fourth-order valence-corrected chi connectivity index (χ4v) is 0.825. The van der Waals surface area contributed by atoms with Gasteiger partial charge in [0.2, 0.25) is 0 Å². The number of aliphatic hydroxyl groups is 1. The molecular weight excluding hydrogens is 174 g/mol. The molecule has 13 heavy (non-hydrogen) atoms. The molecular formula is C7H13N3O3. The maximum absolute atomic E-state index is 9.24. The summed E-state index contributed by atoms with van der Waals surface area (Å²) in [5, 5.41) is 15.6. The molecule has 74 valence electrons. The molecule has 1 heterocycles. The fourth-order valence-electron chi connectivity index (χ4n) is 0.825. The van der Waals surface area contributed by atoms with Gasteiger partial charge in [0.15, 0.2) is 5.82 Å². The molecule has 0 amide bonds. The first-order chi connectivity index (χ1) is 6.22. The zero-order valence-electron chi connectivity index (χ0n) is 7.65. The molecule has 0 aliphatic heterocycles. The van der Waals surface area contributed by atoms with Crippen LogP contribution in [0.15, 0.2) is 4.52 Å². The first kappa shape index (κ1) is 9.94. The van der Waals surface area contributed by atoms with Crippen molar-refractivity contribution in [2.24, 2.45) is 0 Å². The minimum Gasteiger partial charge on any atom is -0.389 e. The van der Waals surface area contributed by atoms with Crippen molar-refractivity contribution in [3.8, 4) is 0 Å². The van der Waals surface area contributed by atoms with Gasteiger partial charge in [-0.05, 0) is 6.92 Å². The number of ether oxygens (including phenoxy) is 1. The predicted molar refractivity (Wildman–Crippen MR) is 45.4 cm³/mol. The minimum absolute atomic E-state index is 0.278.